The maximum atomic E-state index is 12.3. The monoisotopic (exact) mass is 147 g/mol. The third-order valence-electron chi connectivity index (χ3n) is 0.808. The third kappa shape index (κ3) is 3.86. The first-order valence-corrected chi connectivity index (χ1v) is 2.62. The predicted octanol–water partition coefficient (Wildman–Crippen LogP) is 2.51. The first kappa shape index (κ1) is 8.91. The molecule has 0 amide bonds. The maximum absolute atomic E-state index is 12.3. The van der Waals surface area contributed by atoms with Crippen molar-refractivity contribution in [2.45, 2.75) is 12.3 Å². The number of rotatable bonds is 4. The Morgan fingerprint density at radius 2 is 2.30 bits per heavy atom. The molecule has 0 atom stereocenters. The number of alkyl halides is 2. The number of allylic oxidation sites excluding steroid dienone is 1. The second-order valence-corrected chi connectivity index (χ2v) is 1.74. The fourth-order valence-electron chi connectivity index (χ4n) is 0.411. The van der Waals surface area contributed by atoms with E-state index in [2.05, 4.69) is 16.6 Å². The topological polar surface area (TPSA) is 48.8 Å². The van der Waals surface area contributed by atoms with E-state index in [4.69, 9.17) is 5.53 Å². The van der Waals surface area contributed by atoms with Crippen molar-refractivity contribution in [2.24, 2.45) is 5.11 Å². The molecular formula is C5H7F2N3. The zero-order valence-corrected chi connectivity index (χ0v) is 5.30. The summed E-state index contributed by atoms with van der Waals surface area (Å²) in [4.78, 5) is 2.21. The van der Waals surface area contributed by atoms with Crippen molar-refractivity contribution in [2.75, 3.05) is 6.54 Å². The summed E-state index contributed by atoms with van der Waals surface area (Å²) >= 11 is 0. The molecule has 56 valence electrons. The van der Waals surface area contributed by atoms with Gasteiger partial charge in [-0.05, 0) is 5.53 Å². The van der Waals surface area contributed by atoms with Crippen LogP contribution in [-0.4, -0.2) is 12.5 Å². The summed E-state index contributed by atoms with van der Waals surface area (Å²) in [6.45, 7) is 2.34. The van der Waals surface area contributed by atoms with Gasteiger partial charge in [0.1, 0.15) is 0 Å². The molecular weight excluding hydrogens is 140 g/mol. The van der Waals surface area contributed by atoms with Gasteiger partial charge in [-0.15, -0.1) is 6.58 Å². The minimum atomic E-state index is -2.94. The molecule has 0 aliphatic carbocycles. The summed E-state index contributed by atoms with van der Waals surface area (Å²) < 4.78 is 24.5. The van der Waals surface area contributed by atoms with Crippen LogP contribution in [0.25, 0.3) is 10.4 Å². The number of halogens is 2. The number of nitrogens with zero attached hydrogens (tertiary/aromatic N) is 3. The quantitative estimate of drug-likeness (QED) is 0.254. The molecule has 0 saturated heterocycles. The molecule has 0 bridgehead atoms. The first-order valence-electron chi connectivity index (χ1n) is 2.62. The van der Waals surface area contributed by atoms with Gasteiger partial charge in [0.2, 0.25) is 0 Å². The molecule has 10 heavy (non-hydrogen) atoms. The Balaban J connectivity index is 3.84. The van der Waals surface area contributed by atoms with Crippen LogP contribution in [0.4, 0.5) is 8.78 Å². The zero-order valence-electron chi connectivity index (χ0n) is 5.30. The van der Waals surface area contributed by atoms with E-state index in [0.717, 1.165) is 6.08 Å². The Bertz CT molecular complexity index is 160. The number of hydrogen-bond donors (Lipinski definition) is 0. The zero-order chi connectivity index (χ0) is 8.04. The van der Waals surface area contributed by atoms with E-state index in [1.165, 1.54) is 0 Å². The lowest BCUT2D eigenvalue weighted by atomic mass is 10.2. The summed E-state index contributed by atoms with van der Waals surface area (Å²) in [5.41, 5.74) is 7.70. The second kappa shape index (κ2) is 3.85. The minimum Gasteiger partial charge on any atom is -0.206 e. The van der Waals surface area contributed by atoms with Crippen LogP contribution in [-0.2, 0) is 0 Å². The van der Waals surface area contributed by atoms with Gasteiger partial charge in [-0.1, -0.05) is 11.2 Å². The van der Waals surface area contributed by atoms with E-state index in [1.807, 2.05) is 0 Å². The normalized spacial score (nSPS) is 10.2. The molecule has 3 nitrogen and oxygen atoms in total. The van der Waals surface area contributed by atoms with Gasteiger partial charge in [-0.25, -0.2) is 8.78 Å². The minimum absolute atomic E-state index is 0.452. The Morgan fingerprint density at radius 1 is 1.70 bits per heavy atom. The van der Waals surface area contributed by atoms with E-state index in [-0.39, 0.29) is 0 Å². The van der Waals surface area contributed by atoms with Crippen LogP contribution in [0.5, 0.6) is 0 Å². The summed E-state index contributed by atoms with van der Waals surface area (Å²) in [5.74, 6) is -2.94. The molecule has 0 radical (unpaired) electrons. The molecule has 0 aromatic rings. The van der Waals surface area contributed by atoms with E-state index < -0.39 is 18.9 Å². The predicted molar refractivity (Wildman–Crippen MR) is 33.8 cm³/mol. The van der Waals surface area contributed by atoms with Crippen LogP contribution in [0, 0.1) is 0 Å². The van der Waals surface area contributed by atoms with Crippen molar-refractivity contribution in [3.63, 3.8) is 0 Å². The first-order chi connectivity index (χ1) is 4.62. The van der Waals surface area contributed by atoms with E-state index >= 15 is 0 Å². The SMILES string of the molecule is C=CCC(F)(F)CN=[N+]=[N-]. The Kier molecular flexibility index (Phi) is 3.43. The molecule has 0 aliphatic heterocycles. The third-order valence-corrected chi connectivity index (χ3v) is 0.808. The van der Waals surface area contributed by atoms with Crippen LogP contribution in [0.2, 0.25) is 0 Å². The number of hydrogen-bond acceptors (Lipinski definition) is 1. The van der Waals surface area contributed by atoms with Crippen molar-refractivity contribution in [3.8, 4) is 0 Å². The van der Waals surface area contributed by atoms with Crippen LogP contribution < -0.4 is 0 Å². The summed E-state index contributed by atoms with van der Waals surface area (Å²) in [6.07, 6.45) is 0.638. The van der Waals surface area contributed by atoms with Crippen molar-refractivity contribution >= 4 is 0 Å². The molecule has 5 heteroatoms. The average molecular weight is 147 g/mol. The molecule has 0 unspecified atom stereocenters. The Hall–Kier alpha value is -1.09. The van der Waals surface area contributed by atoms with Gasteiger partial charge in [0, 0.05) is 11.3 Å². The van der Waals surface area contributed by atoms with Gasteiger partial charge in [0.05, 0.1) is 6.54 Å². The fourth-order valence-corrected chi connectivity index (χ4v) is 0.411. The molecule has 0 N–H and O–H groups in total. The van der Waals surface area contributed by atoms with Gasteiger partial charge in [-0.2, -0.15) is 0 Å². The highest BCUT2D eigenvalue weighted by Crippen LogP contribution is 2.18. The van der Waals surface area contributed by atoms with Gasteiger partial charge >= 0.3 is 0 Å². The molecule has 0 spiro atoms. The smallest absolute Gasteiger partial charge is 0.206 e. The van der Waals surface area contributed by atoms with Crippen molar-refractivity contribution in [3.05, 3.63) is 23.1 Å². The molecule has 0 heterocycles. The van der Waals surface area contributed by atoms with Crippen molar-refractivity contribution in [1.29, 1.82) is 0 Å². The van der Waals surface area contributed by atoms with Crippen LogP contribution in [0.3, 0.4) is 0 Å². The summed E-state index contributed by atoms with van der Waals surface area (Å²) in [5, 5.41) is 2.74. The second-order valence-electron chi connectivity index (χ2n) is 1.74. The van der Waals surface area contributed by atoms with Gasteiger partial charge < -0.3 is 0 Å². The van der Waals surface area contributed by atoms with E-state index in [0.29, 0.717) is 0 Å². The standard InChI is InChI=1S/C5H7F2N3/c1-2-3-5(6,7)4-9-10-8/h2H,1,3-4H2. The molecule has 0 saturated carbocycles. The fraction of sp³-hybridized carbons (Fsp3) is 0.600. The molecule has 0 fully saturated rings. The highest BCUT2D eigenvalue weighted by molar-refractivity contribution is 4.80. The Morgan fingerprint density at radius 3 is 2.70 bits per heavy atom. The van der Waals surface area contributed by atoms with E-state index in [1.54, 1.807) is 0 Å². The molecule has 0 rings (SSSR count). The summed E-state index contributed by atoms with van der Waals surface area (Å²) in [7, 11) is 0. The lowest BCUT2D eigenvalue weighted by molar-refractivity contribution is 0.0145. The molecule has 0 aliphatic rings. The van der Waals surface area contributed by atoms with Crippen LogP contribution in [0.1, 0.15) is 6.42 Å². The van der Waals surface area contributed by atoms with Gasteiger partial charge in [0.25, 0.3) is 5.92 Å². The van der Waals surface area contributed by atoms with Crippen molar-refractivity contribution in [1.82, 2.24) is 0 Å². The maximum Gasteiger partial charge on any atom is 0.257 e. The van der Waals surface area contributed by atoms with Gasteiger partial charge in [-0.3, -0.25) is 0 Å². The van der Waals surface area contributed by atoms with Crippen LogP contribution in [0.15, 0.2) is 17.8 Å². The highest BCUT2D eigenvalue weighted by atomic mass is 19.3. The van der Waals surface area contributed by atoms with Crippen LogP contribution >= 0.6 is 0 Å². The molecule has 0 aromatic carbocycles. The molecule has 0 aromatic heterocycles. The lowest BCUT2D eigenvalue weighted by Crippen LogP contribution is -2.18. The van der Waals surface area contributed by atoms with E-state index in [9.17, 15) is 8.78 Å². The van der Waals surface area contributed by atoms with Crippen molar-refractivity contribution < 1.29 is 8.78 Å². The van der Waals surface area contributed by atoms with Gasteiger partial charge in [0.15, 0.2) is 0 Å². The lowest BCUT2D eigenvalue weighted by Gasteiger charge is -2.08. The largest absolute Gasteiger partial charge is 0.257 e. The Labute approximate surface area is 57.0 Å². The highest BCUT2D eigenvalue weighted by Gasteiger charge is 2.25. The average Bonchev–Trinajstić information content (AvgIpc) is 1.84. The summed E-state index contributed by atoms with van der Waals surface area (Å²) in [6, 6.07) is 0. The number of azide groups is 1.